The van der Waals surface area contributed by atoms with E-state index in [0.717, 1.165) is 23.3 Å². The Bertz CT molecular complexity index is 1390. The van der Waals surface area contributed by atoms with Crippen molar-refractivity contribution >= 4 is 28.8 Å². The van der Waals surface area contributed by atoms with Gasteiger partial charge < -0.3 is 24.8 Å². The molecule has 2 N–H and O–H groups in total. The Kier molecular flexibility index (Phi) is 8.89. The SMILES string of the molecule is CCc1ccc(CNC(=O)c2ccc(NC(=O)c3nnc(COc4ccc(OC)c(OC)c4)s3)cc2)cc1. The van der Waals surface area contributed by atoms with Crippen molar-refractivity contribution in [3.63, 3.8) is 0 Å². The smallest absolute Gasteiger partial charge is 0.286 e. The van der Waals surface area contributed by atoms with Crippen LogP contribution >= 0.6 is 11.3 Å². The summed E-state index contributed by atoms with van der Waals surface area (Å²) in [6, 6.07) is 20.0. The van der Waals surface area contributed by atoms with Crippen molar-refractivity contribution in [2.75, 3.05) is 19.5 Å². The van der Waals surface area contributed by atoms with Gasteiger partial charge in [-0.3, -0.25) is 9.59 Å². The third-order valence-electron chi connectivity index (χ3n) is 5.67. The van der Waals surface area contributed by atoms with Gasteiger partial charge in [-0.1, -0.05) is 42.5 Å². The zero-order valence-corrected chi connectivity index (χ0v) is 22.1. The molecular weight excluding hydrogens is 504 g/mol. The fraction of sp³-hybridized carbons (Fsp3) is 0.214. The van der Waals surface area contributed by atoms with Gasteiger partial charge in [-0.2, -0.15) is 0 Å². The fourth-order valence-electron chi connectivity index (χ4n) is 3.52. The lowest BCUT2D eigenvalue weighted by atomic mass is 10.1. The standard InChI is InChI=1S/C28H28N4O5S/c1-4-18-5-7-19(8-6-18)16-29-26(33)20-9-11-21(12-10-20)30-27(34)28-32-31-25(38-28)17-37-22-13-14-23(35-2)24(15-22)36-3/h5-15H,4,16-17H2,1-3H3,(H,29,33)(H,30,34). The quantitative estimate of drug-likeness (QED) is 0.283. The van der Waals surface area contributed by atoms with Gasteiger partial charge in [-0.15, -0.1) is 10.2 Å². The Morgan fingerprint density at radius 3 is 2.24 bits per heavy atom. The number of anilines is 1. The van der Waals surface area contributed by atoms with Gasteiger partial charge in [0.15, 0.2) is 16.5 Å². The lowest BCUT2D eigenvalue weighted by Crippen LogP contribution is -2.22. The number of amides is 2. The highest BCUT2D eigenvalue weighted by atomic mass is 32.1. The van der Waals surface area contributed by atoms with Crippen LogP contribution in [0.3, 0.4) is 0 Å². The minimum atomic E-state index is -0.396. The van der Waals surface area contributed by atoms with Gasteiger partial charge in [0.25, 0.3) is 11.8 Å². The molecule has 3 aromatic carbocycles. The Labute approximate surface area is 224 Å². The highest BCUT2D eigenvalue weighted by molar-refractivity contribution is 7.13. The maximum Gasteiger partial charge on any atom is 0.286 e. The summed E-state index contributed by atoms with van der Waals surface area (Å²) in [6.07, 6.45) is 0.977. The number of hydrogen-bond acceptors (Lipinski definition) is 8. The lowest BCUT2D eigenvalue weighted by molar-refractivity contribution is 0.0950. The van der Waals surface area contributed by atoms with Crippen LogP contribution in [0.1, 0.15) is 43.2 Å². The van der Waals surface area contributed by atoms with E-state index in [4.69, 9.17) is 14.2 Å². The molecule has 4 aromatic rings. The maximum atomic E-state index is 12.6. The van der Waals surface area contributed by atoms with E-state index in [1.54, 1.807) is 56.7 Å². The molecule has 196 valence electrons. The van der Waals surface area contributed by atoms with Gasteiger partial charge in [0.05, 0.1) is 14.2 Å². The van der Waals surface area contributed by atoms with Crippen LogP contribution in [0.2, 0.25) is 0 Å². The van der Waals surface area contributed by atoms with Gasteiger partial charge in [-0.05, 0) is 53.9 Å². The molecule has 0 fully saturated rings. The molecule has 2 amide bonds. The van der Waals surface area contributed by atoms with E-state index in [-0.39, 0.29) is 17.5 Å². The van der Waals surface area contributed by atoms with E-state index < -0.39 is 5.91 Å². The number of aromatic nitrogens is 2. The zero-order chi connectivity index (χ0) is 26.9. The molecule has 9 nitrogen and oxygen atoms in total. The summed E-state index contributed by atoms with van der Waals surface area (Å²) in [7, 11) is 3.11. The topological polar surface area (TPSA) is 112 Å². The monoisotopic (exact) mass is 532 g/mol. The van der Waals surface area contributed by atoms with Gasteiger partial charge >= 0.3 is 0 Å². The highest BCUT2D eigenvalue weighted by Crippen LogP contribution is 2.31. The molecule has 38 heavy (non-hydrogen) atoms. The van der Waals surface area contributed by atoms with E-state index >= 15 is 0 Å². The third-order valence-corrected chi connectivity index (χ3v) is 6.56. The van der Waals surface area contributed by atoms with E-state index in [2.05, 4.69) is 39.9 Å². The van der Waals surface area contributed by atoms with Crippen molar-refractivity contribution in [3.05, 3.63) is 93.4 Å². The summed E-state index contributed by atoms with van der Waals surface area (Å²) in [5.74, 6) is 1.13. The van der Waals surface area contributed by atoms with E-state index in [1.807, 2.05) is 12.1 Å². The number of ether oxygens (including phenoxy) is 3. The van der Waals surface area contributed by atoms with Crippen molar-refractivity contribution in [1.82, 2.24) is 15.5 Å². The summed E-state index contributed by atoms with van der Waals surface area (Å²) in [5.41, 5.74) is 3.33. The van der Waals surface area contributed by atoms with Gasteiger partial charge in [0.2, 0.25) is 5.01 Å². The summed E-state index contributed by atoms with van der Waals surface area (Å²) in [4.78, 5) is 25.1. The molecule has 1 aromatic heterocycles. The van der Waals surface area contributed by atoms with Crippen molar-refractivity contribution < 1.29 is 23.8 Å². The molecule has 0 atom stereocenters. The first-order valence-electron chi connectivity index (χ1n) is 11.9. The molecular formula is C28H28N4O5S. The van der Waals surface area contributed by atoms with E-state index in [9.17, 15) is 9.59 Å². The van der Waals surface area contributed by atoms with E-state index in [0.29, 0.717) is 40.1 Å². The second-order valence-corrected chi connectivity index (χ2v) is 9.25. The van der Waals surface area contributed by atoms with Gasteiger partial charge in [0.1, 0.15) is 12.4 Å². The first-order valence-corrected chi connectivity index (χ1v) is 12.7. The normalized spacial score (nSPS) is 10.5. The second-order valence-electron chi connectivity index (χ2n) is 8.19. The maximum absolute atomic E-state index is 12.6. The first-order chi connectivity index (χ1) is 18.5. The molecule has 0 radical (unpaired) electrons. The fourth-order valence-corrected chi connectivity index (χ4v) is 4.17. The zero-order valence-electron chi connectivity index (χ0n) is 21.3. The van der Waals surface area contributed by atoms with Crippen LogP contribution in [-0.2, 0) is 19.6 Å². The highest BCUT2D eigenvalue weighted by Gasteiger charge is 2.15. The number of benzene rings is 3. The minimum absolute atomic E-state index is 0.146. The Morgan fingerprint density at radius 1 is 0.842 bits per heavy atom. The predicted molar refractivity (Wildman–Crippen MR) is 145 cm³/mol. The Morgan fingerprint density at radius 2 is 1.55 bits per heavy atom. The number of aryl methyl sites for hydroxylation is 1. The number of carbonyl (C=O) groups is 2. The summed E-state index contributed by atoms with van der Waals surface area (Å²) >= 11 is 1.13. The summed E-state index contributed by atoms with van der Waals surface area (Å²) < 4.78 is 16.2. The molecule has 10 heteroatoms. The number of nitrogens with one attached hydrogen (secondary N) is 2. The molecule has 0 spiro atoms. The van der Waals surface area contributed by atoms with Crippen LogP contribution < -0.4 is 24.8 Å². The Hall–Kier alpha value is -4.44. The molecule has 0 saturated heterocycles. The number of rotatable bonds is 11. The van der Waals surface area contributed by atoms with Crippen LogP contribution in [0.15, 0.2) is 66.7 Å². The molecule has 1 heterocycles. The third kappa shape index (κ3) is 6.86. The van der Waals surface area contributed by atoms with Crippen molar-refractivity contribution in [3.8, 4) is 17.2 Å². The molecule has 0 aliphatic carbocycles. The average Bonchev–Trinajstić information content (AvgIpc) is 3.44. The van der Waals surface area contributed by atoms with Crippen molar-refractivity contribution in [1.29, 1.82) is 0 Å². The number of hydrogen-bond donors (Lipinski definition) is 2. The van der Waals surface area contributed by atoms with Crippen LogP contribution in [0.25, 0.3) is 0 Å². The number of methoxy groups -OCH3 is 2. The average molecular weight is 533 g/mol. The van der Waals surface area contributed by atoms with Crippen LogP contribution in [-0.4, -0.2) is 36.2 Å². The van der Waals surface area contributed by atoms with Crippen LogP contribution in [0.5, 0.6) is 17.2 Å². The largest absolute Gasteiger partial charge is 0.493 e. The molecule has 0 saturated carbocycles. The van der Waals surface area contributed by atoms with Crippen LogP contribution in [0.4, 0.5) is 5.69 Å². The molecule has 4 rings (SSSR count). The first kappa shape index (κ1) is 26.6. The second kappa shape index (κ2) is 12.7. The molecule has 0 aliphatic heterocycles. The molecule has 0 unspecified atom stereocenters. The summed E-state index contributed by atoms with van der Waals surface area (Å²) in [6.45, 7) is 2.69. The number of carbonyl (C=O) groups excluding carboxylic acids is 2. The van der Waals surface area contributed by atoms with Crippen LogP contribution in [0, 0.1) is 0 Å². The van der Waals surface area contributed by atoms with Crippen molar-refractivity contribution in [2.45, 2.75) is 26.5 Å². The van der Waals surface area contributed by atoms with Gasteiger partial charge in [0, 0.05) is 23.9 Å². The minimum Gasteiger partial charge on any atom is -0.493 e. The number of nitrogens with zero attached hydrogens (tertiary/aromatic N) is 2. The molecule has 0 bridgehead atoms. The Balaban J connectivity index is 1.28. The van der Waals surface area contributed by atoms with Crippen molar-refractivity contribution in [2.24, 2.45) is 0 Å². The van der Waals surface area contributed by atoms with Gasteiger partial charge in [-0.25, -0.2) is 0 Å². The lowest BCUT2D eigenvalue weighted by Gasteiger charge is -2.09. The predicted octanol–water partition coefficient (Wildman–Crippen LogP) is 4.88. The summed E-state index contributed by atoms with van der Waals surface area (Å²) in [5, 5.41) is 14.4. The molecule has 0 aliphatic rings. The van der Waals surface area contributed by atoms with E-state index in [1.165, 1.54) is 5.56 Å².